The summed E-state index contributed by atoms with van der Waals surface area (Å²) in [4.78, 5) is 2.07. The standard InChI is InChI=1S/C13H17BrF2N2O/c1-2-10(18-5-3-17-4-6-18)11-12(16)9(15)7-8(14)13(11)19/h7,10,17,19H,2-6H2,1H3/t10-/m0/s1. The largest absolute Gasteiger partial charge is 0.506 e. The zero-order valence-corrected chi connectivity index (χ0v) is 12.3. The van der Waals surface area contributed by atoms with Crippen molar-refractivity contribution < 1.29 is 13.9 Å². The number of aromatic hydroxyl groups is 1. The molecule has 2 N–H and O–H groups in total. The molecule has 3 nitrogen and oxygen atoms in total. The van der Waals surface area contributed by atoms with Crippen LogP contribution in [0.2, 0.25) is 0 Å². The van der Waals surface area contributed by atoms with Gasteiger partial charge in [-0.2, -0.15) is 0 Å². The lowest BCUT2D eigenvalue weighted by Gasteiger charge is -2.35. The van der Waals surface area contributed by atoms with Gasteiger partial charge in [0.1, 0.15) is 5.75 Å². The maximum absolute atomic E-state index is 14.0. The van der Waals surface area contributed by atoms with Crippen LogP contribution < -0.4 is 5.32 Å². The van der Waals surface area contributed by atoms with Crippen LogP contribution >= 0.6 is 15.9 Å². The molecule has 0 spiro atoms. The normalized spacial score (nSPS) is 18.5. The van der Waals surface area contributed by atoms with Crippen LogP contribution in [0.15, 0.2) is 10.5 Å². The second-order valence-corrected chi connectivity index (χ2v) is 5.48. The summed E-state index contributed by atoms with van der Waals surface area (Å²) in [6.45, 7) is 5.05. The Labute approximate surface area is 119 Å². The molecule has 0 amide bonds. The van der Waals surface area contributed by atoms with Gasteiger partial charge in [-0.3, -0.25) is 4.90 Å². The molecular weight excluding hydrogens is 318 g/mol. The van der Waals surface area contributed by atoms with E-state index in [1.807, 2.05) is 6.92 Å². The maximum atomic E-state index is 14.0. The summed E-state index contributed by atoms with van der Waals surface area (Å²) in [5.41, 5.74) is 0.0521. The van der Waals surface area contributed by atoms with Crippen molar-refractivity contribution in [3.8, 4) is 5.75 Å². The SMILES string of the molecule is CC[C@@H](c1c(O)c(Br)cc(F)c1F)N1CCNCC1. The first-order valence-electron chi connectivity index (χ1n) is 6.37. The van der Waals surface area contributed by atoms with E-state index in [0.717, 1.165) is 32.2 Å². The van der Waals surface area contributed by atoms with Crippen LogP contribution in [0.5, 0.6) is 5.75 Å². The minimum Gasteiger partial charge on any atom is -0.506 e. The van der Waals surface area contributed by atoms with Crippen LogP contribution in [0, 0.1) is 11.6 Å². The molecule has 0 unspecified atom stereocenters. The Bertz CT molecular complexity index is 438. The summed E-state index contributed by atoms with van der Waals surface area (Å²) in [5.74, 6) is -2.09. The van der Waals surface area contributed by atoms with Crippen molar-refractivity contribution in [1.29, 1.82) is 0 Å². The Morgan fingerprint density at radius 3 is 2.63 bits per heavy atom. The van der Waals surface area contributed by atoms with Crippen LogP contribution in [0.1, 0.15) is 24.9 Å². The Kier molecular flexibility index (Phi) is 4.76. The molecule has 6 heteroatoms. The van der Waals surface area contributed by atoms with E-state index in [2.05, 4.69) is 26.1 Å². The molecule has 1 fully saturated rings. The van der Waals surface area contributed by atoms with E-state index < -0.39 is 11.6 Å². The van der Waals surface area contributed by atoms with Gasteiger partial charge in [0.2, 0.25) is 0 Å². The van der Waals surface area contributed by atoms with Gasteiger partial charge < -0.3 is 10.4 Å². The summed E-state index contributed by atoms with van der Waals surface area (Å²) in [5, 5.41) is 13.3. The van der Waals surface area contributed by atoms with E-state index in [1.165, 1.54) is 0 Å². The first-order valence-corrected chi connectivity index (χ1v) is 7.16. The van der Waals surface area contributed by atoms with Crippen molar-refractivity contribution in [2.24, 2.45) is 0 Å². The van der Waals surface area contributed by atoms with Crippen LogP contribution in [0.3, 0.4) is 0 Å². The molecule has 0 aromatic heterocycles. The second-order valence-electron chi connectivity index (χ2n) is 4.63. The summed E-state index contributed by atoms with van der Waals surface area (Å²) < 4.78 is 27.8. The molecule has 1 heterocycles. The Hall–Kier alpha value is -0.720. The Balaban J connectivity index is 2.42. The van der Waals surface area contributed by atoms with Crippen molar-refractivity contribution in [2.75, 3.05) is 26.2 Å². The van der Waals surface area contributed by atoms with Gasteiger partial charge in [-0.15, -0.1) is 0 Å². The number of phenols is 1. The predicted molar refractivity (Wildman–Crippen MR) is 73.2 cm³/mol. The van der Waals surface area contributed by atoms with E-state index in [0.29, 0.717) is 6.42 Å². The number of rotatable bonds is 3. The van der Waals surface area contributed by atoms with E-state index >= 15 is 0 Å². The number of nitrogens with one attached hydrogen (secondary N) is 1. The lowest BCUT2D eigenvalue weighted by atomic mass is 10.00. The number of hydrogen-bond acceptors (Lipinski definition) is 3. The minimum absolute atomic E-state index is 0.0521. The third-order valence-electron chi connectivity index (χ3n) is 3.49. The third-order valence-corrected chi connectivity index (χ3v) is 4.10. The van der Waals surface area contributed by atoms with E-state index in [9.17, 15) is 13.9 Å². The van der Waals surface area contributed by atoms with Gasteiger partial charge in [-0.1, -0.05) is 6.92 Å². The molecule has 0 bridgehead atoms. The molecule has 1 saturated heterocycles. The fourth-order valence-electron chi connectivity index (χ4n) is 2.55. The number of phenolic OH excluding ortho intramolecular Hbond substituents is 1. The molecular formula is C13H17BrF2N2O. The zero-order chi connectivity index (χ0) is 14.0. The molecule has 1 aliphatic heterocycles. The molecule has 0 radical (unpaired) electrons. The summed E-state index contributed by atoms with van der Waals surface area (Å²) in [6, 6.07) is 0.646. The lowest BCUT2D eigenvalue weighted by Crippen LogP contribution is -2.45. The smallest absolute Gasteiger partial charge is 0.167 e. The highest BCUT2D eigenvalue weighted by molar-refractivity contribution is 9.10. The van der Waals surface area contributed by atoms with E-state index in [1.54, 1.807) is 0 Å². The summed E-state index contributed by atoms with van der Waals surface area (Å²) >= 11 is 3.07. The molecule has 1 aromatic rings. The highest BCUT2D eigenvalue weighted by Crippen LogP contribution is 2.39. The monoisotopic (exact) mass is 334 g/mol. The Morgan fingerprint density at radius 2 is 2.05 bits per heavy atom. The average Bonchev–Trinajstić information content (AvgIpc) is 2.42. The Morgan fingerprint density at radius 1 is 1.42 bits per heavy atom. The van der Waals surface area contributed by atoms with Gasteiger partial charge in [0.15, 0.2) is 11.6 Å². The zero-order valence-electron chi connectivity index (χ0n) is 10.7. The van der Waals surface area contributed by atoms with E-state index in [4.69, 9.17) is 0 Å². The van der Waals surface area contributed by atoms with Gasteiger partial charge in [0, 0.05) is 32.2 Å². The molecule has 1 atom stereocenters. The van der Waals surface area contributed by atoms with Crippen molar-refractivity contribution >= 4 is 15.9 Å². The predicted octanol–water partition coefficient (Wildman–Crippen LogP) is 2.79. The fraction of sp³-hybridized carbons (Fsp3) is 0.538. The van der Waals surface area contributed by atoms with Crippen molar-refractivity contribution in [3.05, 3.63) is 27.7 Å². The quantitative estimate of drug-likeness (QED) is 0.834. The average molecular weight is 335 g/mol. The van der Waals surface area contributed by atoms with Gasteiger partial charge in [-0.25, -0.2) is 8.78 Å². The summed E-state index contributed by atoms with van der Waals surface area (Å²) in [6.07, 6.45) is 0.611. The van der Waals surface area contributed by atoms with Crippen molar-refractivity contribution in [3.63, 3.8) is 0 Å². The molecule has 1 aliphatic rings. The van der Waals surface area contributed by atoms with Gasteiger partial charge in [-0.05, 0) is 28.4 Å². The number of hydrogen-bond donors (Lipinski definition) is 2. The topological polar surface area (TPSA) is 35.5 Å². The highest BCUT2D eigenvalue weighted by atomic mass is 79.9. The maximum Gasteiger partial charge on any atom is 0.167 e. The molecule has 0 aliphatic carbocycles. The fourth-order valence-corrected chi connectivity index (χ4v) is 2.96. The number of benzene rings is 1. The van der Waals surface area contributed by atoms with Gasteiger partial charge in [0.25, 0.3) is 0 Å². The van der Waals surface area contributed by atoms with Gasteiger partial charge >= 0.3 is 0 Å². The molecule has 106 valence electrons. The number of halogens is 3. The van der Waals surface area contributed by atoms with Crippen LogP contribution in [0.4, 0.5) is 8.78 Å². The molecule has 1 aromatic carbocycles. The third kappa shape index (κ3) is 2.90. The minimum atomic E-state index is -0.953. The molecule has 2 rings (SSSR count). The van der Waals surface area contributed by atoms with Crippen molar-refractivity contribution in [2.45, 2.75) is 19.4 Å². The number of piperazine rings is 1. The summed E-state index contributed by atoms with van der Waals surface area (Å²) in [7, 11) is 0. The van der Waals surface area contributed by atoms with Crippen molar-refractivity contribution in [1.82, 2.24) is 10.2 Å². The first-order chi connectivity index (χ1) is 9.06. The van der Waals surface area contributed by atoms with Crippen LogP contribution in [0.25, 0.3) is 0 Å². The highest BCUT2D eigenvalue weighted by Gasteiger charge is 2.28. The molecule has 19 heavy (non-hydrogen) atoms. The lowest BCUT2D eigenvalue weighted by molar-refractivity contribution is 0.162. The first kappa shape index (κ1) is 14.7. The number of nitrogens with zero attached hydrogens (tertiary/aromatic N) is 1. The van der Waals surface area contributed by atoms with E-state index in [-0.39, 0.29) is 21.8 Å². The van der Waals surface area contributed by atoms with Crippen LogP contribution in [-0.4, -0.2) is 36.2 Å². The molecule has 0 saturated carbocycles. The second kappa shape index (κ2) is 6.15. The van der Waals surface area contributed by atoms with Gasteiger partial charge in [0.05, 0.1) is 10.0 Å². The van der Waals surface area contributed by atoms with Crippen LogP contribution in [-0.2, 0) is 0 Å².